The van der Waals surface area contributed by atoms with Gasteiger partial charge in [-0.2, -0.15) is 0 Å². The molecule has 0 radical (unpaired) electrons. The van der Waals surface area contributed by atoms with E-state index in [9.17, 15) is 0 Å². The van der Waals surface area contributed by atoms with Crippen LogP contribution >= 0.6 is 0 Å². The van der Waals surface area contributed by atoms with Crippen molar-refractivity contribution in [3.05, 3.63) is 36.5 Å². The number of likely N-dealkylation sites (tertiary alicyclic amines) is 1. The highest BCUT2D eigenvalue weighted by molar-refractivity contribution is 5.12. The Hall–Kier alpha value is -0.820. The molecule has 0 aromatic heterocycles. The van der Waals surface area contributed by atoms with Gasteiger partial charge in [0.1, 0.15) is 0 Å². The fourth-order valence-corrected chi connectivity index (χ4v) is 4.95. The summed E-state index contributed by atoms with van der Waals surface area (Å²) in [6.07, 6.45) is 21.3. The van der Waals surface area contributed by atoms with Gasteiger partial charge in [-0.05, 0) is 74.8 Å². The molecule has 108 valence electrons. The van der Waals surface area contributed by atoms with Gasteiger partial charge in [0, 0.05) is 6.54 Å². The summed E-state index contributed by atoms with van der Waals surface area (Å²) in [7, 11) is 0. The van der Waals surface area contributed by atoms with Crippen LogP contribution in [0.3, 0.4) is 0 Å². The lowest BCUT2D eigenvalue weighted by Crippen LogP contribution is -2.39. The van der Waals surface area contributed by atoms with E-state index in [1.54, 1.807) is 0 Å². The molecule has 4 rings (SSSR count). The first-order valence-corrected chi connectivity index (χ1v) is 8.62. The van der Waals surface area contributed by atoms with Gasteiger partial charge in [-0.15, -0.1) is 0 Å². The molecular weight excluding hydrogens is 242 g/mol. The Kier molecular flexibility index (Phi) is 3.56. The van der Waals surface area contributed by atoms with Gasteiger partial charge in [0.05, 0.1) is 0 Å². The molecule has 4 atom stereocenters. The molecule has 0 aromatic rings. The molecule has 0 N–H and O–H groups in total. The molecule has 4 unspecified atom stereocenters. The van der Waals surface area contributed by atoms with Gasteiger partial charge < -0.3 is 4.90 Å². The van der Waals surface area contributed by atoms with Crippen molar-refractivity contribution < 1.29 is 0 Å². The van der Waals surface area contributed by atoms with Crippen LogP contribution in [0.2, 0.25) is 0 Å². The largest absolute Gasteiger partial charge is 0.303 e. The highest BCUT2D eigenvalue weighted by Crippen LogP contribution is 2.44. The zero-order valence-corrected chi connectivity index (χ0v) is 12.5. The molecule has 2 fully saturated rings. The lowest BCUT2D eigenvalue weighted by atomic mass is 9.80. The van der Waals surface area contributed by atoms with E-state index in [4.69, 9.17) is 0 Å². The summed E-state index contributed by atoms with van der Waals surface area (Å²) >= 11 is 0. The van der Waals surface area contributed by atoms with Crippen LogP contribution in [0, 0.1) is 29.6 Å². The Balaban J connectivity index is 1.26. The van der Waals surface area contributed by atoms with Crippen molar-refractivity contribution in [2.75, 3.05) is 19.6 Å². The number of fused-ring (bicyclic) bond motifs is 2. The Morgan fingerprint density at radius 2 is 1.80 bits per heavy atom. The molecule has 1 aliphatic heterocycles. The molecule has 4 aliphatic rings. The van der Waals surface area contributed by atoms with Gasteiger partial charge in [0.2, 0.25) is 0 Å². The first kappa shape index (κ1) is 12.9. The topological polar surface area (TPSA) is 3.24 Å². The summed E-state index contributed by atoms with van der Waals surface area (Å²) in [4.78, 5) is 2.76. The van der Waals surface area contributed by atoms with E-state index >= 15 is 0 Å². The van der Waals surface area contributed by atoms with Crippen molar-refractivity contribution in [3.63, 3.8) is 0 Å². The van der Waals surface area contributed by atoms with E-state index in [1.807, 2.05) is 0 Å². The average Bonchev–Trinajstić information content (AvgIpc) is 3.12. The third-order valence-corrected chi connectivity index (χ3v) is 6.16. The predicted octanol–water partition coefficient (Wildman–Crippen LogP) is 4.04. The first-order valence-electron chi connectivity index (χ1n) is 8.62. The van der Waals surface area contributed by atoms with Gasteiger partial charge in [-0.25, -0.2) is 0 Å². The Labute approximate surface area is 123 Å². The standard InChI is InChI=1S/C19H27N/c1-2-4-16(5-3-1)17-8-10-20(11-9-17)14-19-13-15-6-7-18(19)12-15/h1-4,6-7,15-19H,5,8-14H2. The maximum Gasteiger partial charge on any atom is 0.00155 e. The molecule has 2 bridgehead atoms. The minimum Gasteiger partial charge on any atom is -0.303 e. The van der Waals surface area contributed by atoms with E-state index in [0.29, 0.717) is 0 Å². The zero-order chi connectivity index (χ0) is 13.4. The molecule has 0 spiro atoms. The molecule has 1 saturated carbocycles. The number of piperidine rings is 1. The molecule has 1 heterocycles. The second-order valence-electron chi connectivity index (χ2n) is 7.39. The minimum atomic E-state index is 0.826. The van der Waals surface area contributed by atoms with Crippen LogP contribution in [0.5, 0.6) is 0 Å². The van der Waals surface area contributed by atoms with E-state index < -0.39 is 0 Å². The predicted molar refractivity (Wildman–Crippen MR) is 84.4 cm³/mol. The number of rotatable bonds is 3. The number of allylic oxidation sites excluding steroid dienone is 6. The van der Waals surface area contributed by atoms with Gasteiger partial charge in [0.15, 0.2) is 0 Å². The molecular formula is C19H27N. The van der Waals surface area contributed by atoms with E-state index in [0.717, 1.165) is 29.6 Å². The van der Waals surface area contributed by atoms with Gasteiger partial charge in [-0.3, -0.25) is 0 Å². The molecule has 20 heavy (non-hydrogen) atoms. The molecule has 0 aromatic carbocycles. The summed E-state index contributed by atoms with van der Waals surface area (Å²) in [6, 6.07) is 0. The smallest absolute Gasteiger partial charge is 0.00155 e. The fraction of sp³-hybridized carbons (Fsp3) is 0.684. The van der Waals surface area contributed by atoms with Crippen LogP contribution in [0.4, 0.5) is 0 Å². The van der Waals surface area contributed by atoms with Gasteiger partial charge >= 0.3 is 0 Å². The highest BCUT2D eigenvalue weighted by atomic mass is 15.1. The lowest BCUT2D eigenvalue weighted by molar-refractivity contribution is 0.135. The maximum atomic E-state index is 2.76. The van der Waals surface area contributed by atoms with Crippen molar-refractivity contribution >= 4 is 0 Å². The zero-order valence-electron chi connectivity index (χ0n) is 12.5. The minimum absolute atomic E-state index is 0.826. The van der Waals surface area contributed by atoms with Gasteiger partial charge in [-0.1, -0.05) is 36.5 Å². The molecule has 3 aliphatic carbocycles. The summed E-state index contributed by atoms with van der Waals surface area (Å²) in [5.41, 5.74) is 0. The monoisotopic (exact) mass is 269 g/mol. The fourth-order valence-electron chi connectivity index (χ4n) is 4.95. The average molecular weight is 269 g/mol. The normalized spacial score (nSPS) is 40.8. The van der Waals surface area contributed by atoms with Crippen LogP contribution < -0.4 is 0 Å². The number of hydrogen-bond donors (Lipinski definition) is 0. The summed E-state index contributed by atoms with van der Waals surface area (Å²) in [5.74, 6) is 4.59. The van der Waals surface area contributed by atoms with Crippen LogP contribution in [-0.4, -0.2) is 24.5 Å². The van der Waals surface area contributed by atoms with Crippen LogP contribution in [0.1, 0.15) is 32.1 Å². The second kappa shape index (κ2) is 5.52. The third-order valence-electron chi connectivity index (χ3n) is 6.16. The van der Waals surface area contributed by atoms with E-state index in [1.165, 1.54) is 51.7 Å². The molecule has 0 amide bonds. The third kappa shape index (κ3) is 2.53. The van der Waals surface area contributed by atoms with Crippen molar-refractivity contribution in [1.29, 1.82) is 0 Å². The lowest BCUT2D eigenvalue weighted by Gasteiger charge is -2.37. The summed E-state index contributed by atoms with van der Waals surface area (Å²) < 4.78 is 0. The van der Waals surface area contributed by atoms with E-state index in [-0.39, 0.29) is 0 Å². The maximum absolute atomic E-state index is 2.76. The molecule has 1 heteroatoms. The van der Waals surface area contributed by atoms with Crippen LogP contribution in [0.15, 0.2) is 36.5 Å². The van der Waals surface area contributed by atoms with Crippen LogP contribution in [0.25, 0.3) is 0 Å². The Bertz CT molecular complexity index is 425. The van der Waals surface area contributed by atoms with Crippen LogP contribution in [-0.2, 0) is 0 Å². The molecule has 1 saturated heterocycles. The Morgan fingerprint density at radius 1 is 0.900 bits per heavy atom. The highest BCUT2D eigenvalue weighted by Gasteiger charge is 2.37. The number of hydrogen-bond acceptors (Lipinski definition) is 1. The molecule has 1 nitrogen and oxygen atoms in total. The van der Waals surface area contributed by atoms with E-state index in [2.05, 4.69) is 41.4 Å². The first-order chi connectivity index (χ1) is 9.88. The van der Waals surface area contributed by atoms with Gasteiger partial charge in [0.25, 0.3) is 0 Å². The summed E-state index contributed by atoms with van der Waals surface area (Å²) in [5, 5.41) is 0. The van der Waals surface area contributed by atoms with Crippen molar-refractivity contribution in [1.82, 2.24) is 4.90 Å². The Morgan fingerprint density at radius 3 is 2.45 bits per heavy atom. The van der Waals surface area contributed by atoms with Crippen molar-refractivity contribution in [2.24, 2.45) is 29.6 Å². The number of nitrogens with zero attached hydrogens (tertiary/aromatic N) is 1. The SMILES string of the molecule is C1=CCC(C2CCN(CC3CC4C=CC3C4)CC2)C=C1. The van der Waals surface area contributed by atoms with Crippen molar-refractivity contribution in [3.8, 4) is 0 Å². The quantitative estimate of drug-likeness (QED) is 0.699. The van der Waals surface area contributed by atoms with Crippen molar-refractivity contribution in [2.45, 2.75) is 32.1 Å². The summed E-state index contributed by atoms with van der Waals surface area (Å²) in [6.45, 7) is 4.06. The second-order valence-corrected chi connectivity index (χ2v) is 7.39.